The van der Waals surface area contributed by atoms with E-state index in [1.54, 1.807) is 12.3 Å². The van der Waals surface area contributed by atoms with Gasteiger partial charge in [-0.2, -0.15) is 13.2 Å². The Morgan fingerprint density at radius 3 is 2.75 bits per heavy atom. The smallest absolute Gasteiger partial charge is 0.301 e. The summed E-state index contributed by atoms with van der Waals surface area (Å²) in [5.41, 5.74) is 0.753. The number of anilines is 1. The average Bonchev–Trinajstić information content (AvgIpc) is 2.48. The Labute approximate surface area is 93.9 Å². The lowest BCUT2D eigenvalue weighted by Gasteiger charge is -2.07. The summed E-state index contributed by atoms with van der Waals surface area (Å²) in [5, 5.41) is 6.50. The predicted octanol–water partition coefficient (Wildman–Crippen LogP) is 1.54. The van der Waals surface area contributed by atoms with Crippen LogP contribution in [-0.2, 0) is 4.79 Å². The molecule has 0 radical (unpaired) electrons. The van der Waals surface area contributed by atoms with Crippen LogP contribution in [0.3, 0.4) is 0 Å². The number of thiazole rings is 1. The first-order valence-corrected chi connectivity index (χ1v) is 5.24. The lowest BCUT2D eigenvalue weighted by atomic mass is 10.5. The summed E-state index contributed by atoms with van der Waals surface area (Å²) in [7, 11) is 0. The zero-order chi connectivity index (χ0) is 12.2. The summed E-state index contributed by atoms with van der Waals surface area (Å²) in [4.78, 5) is 15.1. The molecule has 8 heteroatoms. The van der Waals surface area contributed by atoms with Crippen LogP contribution in [0.4, 0.5) is 18.3 Å². The van der Waals surface area contributed by atoms with E-state index in [1.807, 2.05) is 5.32 Å². The Hall–Kier alpha value is -1.15. The molecule has 1 aromatic heterocycles. The number of carbonyl (C=O) groups excluding carboxylic acids is 1. The normalized spacial score (nSPS) is 11.5. The van der Waals surface area contributed by atoms with Crippen LogP contribution in [0.5, 0.6) is 0 Å². The topological polar surface area (TPSA) is 54.0 Å². The molecule has 0 unspecified atom stereocenters. The van der Waals surface area contributed by atoms with Gasteiger partial charge in [-0.3, -0.25) is 4.79 Å². The molecule has 2 N–H and O–H groups in total. The number of hydrogen-bond donors (Lipinski definition) is 2. The zero-order valence-electron chi connectivity index (χ0n) is 8.39. The van der Waals surface area contributed by atoms with E-state index in [-0.39, 0.29) is 0 Å². The first-order chi connectivity index (χ1) is 7.37. The minimum absolute atomic E-state index is 0.385. The van der Waals surface area contributed by atoms with E-state index >= 15 is 0 Å². The number of rotatable bonds is 4. The minimum Gasteiger partial charge on any atom is -0.301 e. The average molecular weight is 253 g/mol. The van der Waals surface area contributed by atoms with E-state index in [9.17, 15) is 18.0 Å². The first kappa shape index (κ1) is 12.9. The van der Waals surface area contributed by atoms with E-state index in [4.69, 9.17) is 0 Å². The number of amides is 1. The monoisotopic (exact) mass is 253 g/mol. The summed E-state index contributed by atoms with van der Waals surface area (Å²) < 4.78 is 35.2. The van der Waals surface area contributed by atoms with Crippen LogP contribution < -0.4 is 10.6 Å². The molecule has 0 aromatic carbocycles. The van der Waals surface area contributed by atoms with Gasteiger partial charge in [0.05, 0.1) is 18.8 Å². The number of alkyl halides is 3. The second-order valence-corrected chi connectivity index (χ2v) is 3.92. The Morgan fingerprint density at radius 1 is 1.56 bits per heavy atom. The predicted molar refractivity (Wildman–Crippen MR) is 54.4 cm³/mol. The lowest BCUT2D eigenvalue weighted by Crippen LogP contribution is -2.35. The highest BCUT2D eigenvalue weighted by Gasteiger charge is 2.26. The van der Waals surface area contributed by atoms with Crippen LogP contribution in [0.2, 0.25) is 0 Å². The summed E-state index contributed by atoms with van der Waals surface area (Å²) in [6.07, 6.45) is -4.31. The maximum absolute atomic E-state index is 11.7. The largest absolute Gasteiger partial charge is 0.401 e. The van der Waals surface area contributed by atoms with Crippen molar-refractivity contribution in [2.75, 3.05) is 18.4 Å². The molecule has 0 aliphatic carbocycles. The van der Waals surface area contributed by atoms with Crippen molar-refractivity contribution in [3.63, 3.8) is 0 Å². The van der Waals surface area contributed by atoms with Crippen molar-refractivity contribution in [1.82, 2.24) is 10.3 Å². The van der Waals surface area contributed by atoms with Crippen molar-refractivity contribution in [3.05, 3.63) is 11.1 Å². The third-order valence-electron chi connectivity index (χ3n) is 1.48. The van der Waals surface area contributed by atoms with Gasteiger partial charge in [-0.1, -0.05) is 0 Å². The van der Waals surface area contributed by atoms with Gasteiger partial charge in [0.1, 0.15) is 0 Å². The second-order valence-electron chi connectivity index (χ2n) is 3.06. The number of carbonyl (C=O) groups is 1. The van der Waals surface area contributed by atoms with Gasteiger partial charge in [0, 0.05) is 5.38 Å². The molecule has 0 atom stereocenters. The van der Waals surface area contributed by atoms with E-state index in [0.717, 1.165) is 5.69 Å². The van der Waals surface area contributed by atoms with Gasteiger partial charge in [0.2, 0.25) is 5.91 Å². The molecule has 1 aromatic rings. The fourth-order valence-corrected chi connectivity index (χ4v) is 1.60. The second kappa shape index (κ2) is 5.26. The van der Waals surface area contributed by atoms with Gasteiger partial charge in [-0.25, -0.2) is 4.98 Å². The summed E-state index contributed by atoms with van der Waals surface area (Å²) >= 11 is 1.22. The third kappa shape index (κ3) is 5.08. The highest BCUT2D eigenvalue weighted by atomic mass is 32.1. The van der Waals surface area contributed by atoms with Gasteiger partial charge >= 0.3 is 6.18 Å². The van der Waals surface area contributed by atoms with Crippen molar-refractivity contribution in [1.29, 1.82) is 0 Å². The van der Waals surface area contributed by atoms with Gasteiger partial charge in [-0.05, 0) is 6.92 Å². The van der Waals surface area contributed by atoms with Crippen molar-refractivity contribution in [3.8, 4) is 0 Å². The van der Waals surface area contributed by atoms with Crippen LogP contribution in [0.15, 0.2) is 5.38 Å². The van der Waals surface area contributed by atoms with E-state index in [0.29, 0.717) is 5.13 Å². The Bertz CT molecular complexity index is 364. The minimum atomic E-state index is -4.31. The molecule has 1 amide bonds. The van der Waals surface area contributed by atoms with E-state index in [2.05, 4.69) is 10.3 Å². The summed E-state index contributed by atoms with van der Waals surface area (Å²) in [5.74, 6) is -0.543. The highest BCUT2D eigenvalue weighted by molar-refractivity contribution is 7.13. The van der Waals surface area contributed by atoms with Crippen LogP contribution in [-0.4, -0.2) is 30.2 Å². The number of nitrogens with zero attached hydrogens (tertiary/aromatic N) is 1. The Balaban J connectivity index is 2.26. The molecular formula is C8H10F3N3OS. The molecule has 1 heterocycles. The first-order valence-electron chi connectivity index (χ1n) is 4.36. The van der Waals surface area contributed by atoms with Crippen LogP contribution in [0.1, 0.15) is 5.69 Å². The van der Waals surface area contributed by atoms with Gasteiger partial charge < -0.3 is 10.6 Å². The SMILES string of the molecule is Cc1csc(NC(=O)CNCC(F)(F)F)n1. The third-order valence-corrected chi connectivity index (χ3v) is 2.35. The van der Waals surface area contributed by atoms with Crippen molar-refractivity contribution < 1.29 is 18.0 Å². The molecule has 16 heavy (non-hydrogen) atoms. The number of nitrogens with one attached hydrogen (secondary N) is 2. The maximum atomic E-state index is 11.7. The molecule has 4 nitrogen and oxygen atoms in total. The summed E-state index contributed by atoms with van der Waals surface area (Å²) in [6.45, 7) is 0.184. The zero-order valence-corrected chi connectivity index (χ0v) is 9.21. The molecule has 0 aliphatic heterocycles. The molecule has 0 spiro atoms. The van der Waals surface area contributed by atoms with E-state index < -0.39 is 25.2 Å². The molecular weight excluding hydrogens is 243 g/mol. The van der Waals surface area contributed by atoms with Gasteiger partial charge in [0.15, 0.2) is 5.13 Å². The molecule has 0 saturated carbocycles. The van der Waals surface area contributed by atoms with Crippen molar-refractivity contribution in [2.24, 2.45) is 0 Å². The molecule has 1 rings (SSSR count). The number of halogens is 3. The van der Waals surface area contributed by atoms with Crippen LogP contribution in [0, 0.1) is 6.92 Å². The Morgan fingerprint density at radius 2 is 2.25 bits per heavy atom. The molecule has 0 saturated heterocycles. The molecule has 0 fully saturated rings. The Kier molecular flexibility index (Phi) is 4.25. The lowest BCUT2D eigenvalue weighted by molar-refractivity contribution is -0.126. The number of aromatic nitrogens is 1. The maximum Gasteiger partial charge on any atom is 0.401 e. The summed E-state index contributed by atoms with van der Waals surface area (Å²) in [6, 6.07) is 0. The van der Waals surface area contributed by atoms with Gasteiger partial charge in [-0.15, -0.1) is 11.3 Å². The highest BCUT2D eigenvalue weighted by Crippen LogP contribution is 2.14. The number of hydrogen-bond acceptors (Lipinski definition) is 4. The molecule has 0 aliphatic rings. The fourth-order valence-electron chi connectivity index (χ4n) is 0.893. The van der Waals surface area contributed by atoms with E-state index in [1.165, 1.54) is 11.3 Å². The van der Waals surface area contributed by atoms with Crippen LogP contribution >= 0.6 is 11.3 Å². The standard InChI is InChI=1S/C8H10F3N3OS/c1-5-3-16-7(13-5)14-6(15)2-12-4-8(9,10)11/h3,12H,2,4H2,1H3,(H,13,14,15). The number of aryl methyl sites for hydroxylation is 1. The van der Waals surface area contributed by atoms with Crippen LogP contribution in [0.25, 0.3) is 0 Å². The fraction of sp³-hybridized carbons (Fsp3) is 0.500. The quantitative estimate of drug-likeness (QED) is 0.855. The molecule has 0 bridgehead atoms. The van der Waals surface area contributed by atoms with Crippen molar-refractivity contribution >= 4 is 22.4 Å². The van der Waals surface area contributed by atoms with Gasteiger partial charge in [0.25, 0.3) is 0 Å². The van der Waals surface area contributed by atoms with Crippen molar-refractivity contribution in [2.45, 2.75) is 13.1 Å². The molecule has 90 valence electrons.